The molecule has 1 amide bonds. The number of rotatable bonds is 8. The van der Waals surface area contributed by atoms with Crippen LogP contribution in [0.1, 0.15) is 33.8 Å². The molecule has 0 spiro atoms. The number of nitrogens with one attached hydrogen (secondary N) is 1. The average Bonchev–Trinajstić information content (AvgIpc) is 3.09. The van der Waals surface area contributed by atoms with Crippen LogP contribution in [-0.4, -0.2) is 35.4 Å². The number of pyridine rings is 1. The van der Waals surface area contributed by atoms with Crippen molar-refractivity contribution >= 4 is 28.1 Å². The lowest BCUT2D eigenvalue weighted by Crippen LogP contribution is -2.25. The van der Waals surface area contributed by atoms with Crippen molar-refractivity contribution < 1.29 is 18.7 Å². The molecular weight excluding hydrogens is 505 g/mol. The molecule has 3 rings (SSSR count). The summed E-state index contributed by atoms with van der Waals surface area (Å²) in [7, 11) is 1.52. The van der Waals surface area contributed by atoms with Crippen LogP contribution < -0.4 is 10.2 Å². The summed E-state index contributed by atoms with van der Waals surface area (Å²) < 4.78 is 26.5. The Kier molecular flexibility index (Phi) is 8.15. The molecular formula is C24H23BrFN5O3. The van der Waals surface area contributed by atoms with Crippen LogP contribution in [0.3, 0.4) is 0 Å². The first-order valence-corrected chi connectivity index (χ1v) is 11.0. The lowest BCUT2D eigenvalue weighted by Gasteiger charge is -2.13. The topological polar surface area (TPSA) is 102 Å². The molecule has 0 radical (unpaired) electrons. The second kappa shape index (κ2) is 11.0. The Labute approximate surface area is 205 Å². The SMILES string of the molecule is COCc1c(Br)c(C)nc(OCC(=O)N/N=C\c2cc(C)n(-c3ccc(F)cc3)c2C)c1C#N. The van der Waals surface area contributed by atoms with Gasteiger partial charge in [0.1, 0.15) is 17.4 Å². The van der Waals surface area contributed by atoms with Crippen molar-refractivity contribution in [3.05, 3.63) is 74.4 Å². The Hall–Kier alpha value is -3.55. The number of ether oxygens (including phenoxy) is 2. The van der Waals surface area contributed by atoms with Gasteiger partial charge < -0.3 is 14.0 Å². The van der Waals surface area contributed by atoms with Crippen LogP contribution in [-0.2, 0) is 16.1 Å². The highest BCUT2D eigenvalue weighted by atomic mass is 79.9. The Balaban J connectivity index is 1.68. The average molecular weight is 528 g/mol. The van der Waals surface area contributed by atoms with Crippen molar-refractivity contribution in [3.8, 4) is 17.6 Å². The number of carbonyl (C=O) groups excluding carboxylic acids is 1. The van der Waals surface area contributed by atoms with E-state index in [9.17, 15) is 14.4 Å². The fourth-order valence-electron chi connectivity index (χ4n) is 3.46. The van der Waals surface area contributed by atoms with Gasteiger partial charge in [0.25, 0.3) is 5.91 Å². The number of halogens is 2. The maximum atomic E-state index is 13.2. The van der Waals surface area contributed by atoms with E-state index in [1.807, 2.05) is 24.5 Å². The summed E-state index contributed by atoms with van der Waals surface area (Å²) in [5, 5.41) is 13.5. The van der Waals surface area contributed by atoms with E-state index in [0.29, 0.717) is 15.7 Å². The number of hydrogen-bond acceptors (Lipinski definition) is 6. The van der Waals surface area contributed by atoms with E-state index in [1.54, 1.807) is 19.1 Å². The summed E-state index contributed by atoms with van der Waals surface area (Å²) >= 11 is 3.41. The van der Waals surface area contributed by atoms with Gasteiger partial charge in [-0.05, 0) is 67.0 Å². The molecule has 0 unspecified atom stereocenters. The summed E-state index contributed by atoms with van der Waals surface area (Å²) in [5.41, 5.74) is 7.26. The van der Waals surface area contributed by atoms with Crippen LogP contribution >= 0.6 is 15.9 Å². The molecule has 3 aromatic rings. The number of aromatic nitrogens is 2. The zero-order valence-corrected chi connectivity index (χ0v) is 20.7. The molecule has 0 saturated heterocycles. The number of nitriles is 1. The third-order valence-electron chi connectivity index (χ3n) is 5.06. The van der Waals surface area contributed by atoms with E-state index in [4.69, 9.17) is 9.47 Å². The largest absolute Gasteiger partial charge is 0.467 e. The zero-order chi connectivity index (χ0) is 24.8. The molecule has 0 aliphatic rings. The number of hydrazone groups is 1. The first-order valence-electron chi connectivity index (χ1n) is 10.2. The van der Waals surface area contributed by atoms with Gasteiger partial charge in [0.2, 0.25) is 5.88 Å². The summed E-state index contributed by atoms with van der Waals surface area (Å²) in [4.78, 5) is 16.5. The van der Waals surface area contributed by atoms with Crippen molar-refractivity contribution in [3.63, 3.8) is 0 Å². The minimum atomic E-state index is -0.511. The van der Waals surface area contributed by atoms with Crippen molar-refractivity contribution in [1.29, 1.82) is 5.26 Å². The maximum absolute atomic E-state index is 13.2. The van der Waals surface area contributed by atoms with Crippen LogP contribution in [0, 0.1) is 37.9 Å². The number of aryl methyl sites for hydroxylation is 2. The van der Waals surface area contributed by atoms with Gasteiger partial charge >= 0.3 is 0 Å². The molecule has 0 aliphatic carbocycles. The molecule has 2 aromatic heterocycles. The van der Waals surface area contributed by atoms with Gasteiger partial charge in [-0.3, -0.25) is 4.79 Å². The van der Waals surface area contributed by atoms with Gasteiger partial charge in [-0.25, -0.2) is 14.8 Å². The fourth-order valence-corrected chi connectivity index (χ4v) is 3.86. The first-order chi connectivity index (χ1) is 16.3. The van der Waals surface area contributed by atoms with E-state index in [2.05, 4.69) is 37.5 Å². The summed E-state index contributed by atoms with van der Waals surface area (Å²) in [6.07, 6.45) is 1.53. The van der Waals surface area contributed by atoms with Crippen molar-refractivity contribution in [2.45, 2.75) is 27.4 Å². The highest BCUT2D eigenvalue weighted by Crippen LogP contribution is 2.30. The number of nitrogens with zero attached hydrogens (tertiary/aromatic N) is 4. The molecule has 0 bridgehead atoms. The van der Waals surface area contributed by atoms with Crippen LogP contribution in [0.4, 0.5) is 4.39 Å². The number of hydrogen-bond donors (Lipinski definition) is 1. The number of amides is 1. The predicted molar refractivity (Wildman–Crippen MR) is 129 cm³/mol. The van der Waals surface area contributed by atoms with Gasteiger partial charge in [0.15, 0.2) is 6.61 Å². The summed E-state index contributed by atoms with van der Waals surface area (Å²) in [5.74, 6) is -0.761. The van der Waals surface area contributed by atoms with E-state index in [1.165, 1.54) is 25.5 Å². The Bertz CT molecular complexity index is 1280. The standard InChI is InChI=1S/C24H23BrFN5O3/c1-14-9-17(16(3)31(14)19-7-5-18(26)6-8-19)11-28-30-22(32)13-34-24-20(10-27)21(12-33-4)23(25)15(2)29-24/h5-9,11H,12-13H2,1-4H3,(H,30,32)/b28-11-. The number of benzene rings is 1. The van der Waals surface area contributed by atoms with E-state index < -0.39 is 5.91 Å². The van der Waals surface area contributed by atoms with Crippen molar-refractivity contribution in [2.75, 3.05) is 13.7 Å². The van der Waals surface area contributed by atoms with Gasteiger partial charge in [-0.15, -0.1) is 0 Å². The summed E-state index contributed by atoms with van der Waals surface area (Å²) in [6.45, 7) is 5.41. The molecule has 0 fully saturated rings. The predicted octanol–water partition coefficient (Wildman–Crippen LogP) is 4.25. The van der Waals surface area contributed by atoms with Crippen molar-refractivity contribution in [1.82, 2.24) is 15.0 Å². The molecule has 0 aliphatic heterocycles. The van der Waals surface area contributed by atoms with Crippen LogP contribution in [0.5, 0.6) is 5.88 Å². The third-order valence-corrected chi connectivity index (χ3v) is 6.11. The molecule has 10 heteroatoms. The minimum Gasteiger partial charge on any atom is -0.467 e. The smallest absolute Gasteiger partial charge is 0.278 e. The Morgan fingerprint density at radius 2 is 2.03 bits per heavy atom. The van der Waals surface area contributed by atoms with E-state index in [-0.39, 0.29) is 30.5 Å². The maximum Gasteiger partial charge on any atom is 0.278 e. The van der Waals surface area contributed by atoms with Gasteiger partial charge in [-0.2, -0.15) is 10.4 Å². The molecule has 1 aromatic carbocycles. The number of methoxy groups -OCH3 is 1. The molecule has 0 saturated carbocycles. The van der Waals surface area contributed by atoms with Crippen LogP contribution in [0.2, 0.25) is 0 Å². The Morgan fingerprint density at radius 3 is 2.68 bits per heavy atom. The summed E-state index contributed by atoms with van der Waals surface area (Å²) in [6, 6.07) is 10.2. The van der Waals surface area contributed by atoms with Crippen LogP contribution in [0.25, 0.3) is 5.69 Å². The molecule has 34 heavy (non-hydrogen) atoms. The lowest BCUT2D eigenvalue weighted by atomic mass is 10.1. The lowest BCUT2D eigenvalue weighted by molar-refractivity contribution is -0.123. The molecule has 176 valence electrons. The molecule has 2 heterocycles. The minimum absolute atomic E-state index is 0.0530. The second-order valence-electron chi connectivity index (χ2n) is 7.43. The quantitative estimate of drug-likeness (QED) is 0.348. The number of carbonyl (C=O) groups is 1. The highest BCUT2D eigenvalue weighted by molar-refractivity contribution is 9.10. The monoisotopic (exact) mass is 527 g/mol. The Morgan fingerprint density at radius 1 is 1.32 bits per heavy atom. The van der Waals surface area contributed by atoms with Crippen LogP contribution in [0.15, 0.2) is 39.9 Å². The second-order valence-corrected chi connectivity index (χ2v) is 8.23. The third kappa shape index (κ3) is 5.50. The molecule has 8 nitrogen and oxygen atoms in total. The van der Waals surface area contributed by atoms with Crippen molar-refractivity contribution in [2.24, 2.45) is 5.10 Å². The zero-order valence-electron chi connectivity index (χ0n) is 19.1. The van der Waals surface area contributed by atoms with Gasteiger partial charge in [0, 0.05) is 39.8 Å². The van der Waals surface area contributed by atoms with E-state index >= 15 is 0 Å². The van der Waals surface area contributed by atoms with Gasteiger partial charge in [-0.1, -0.05) is 0 Å². The first kappa shape index (κ1) is 25.1. The molecule has 1 N–H and O–H groups in total. The highest BCUT2D eigenvalue weighted by Gasteiger charge is 2.18. The fraction of sp³-hybridized carbons (Fsp3) is 0.250. The van der Waals surface area contributed by atoms with Gasteiger partial charge in [0.05, 0.1) is 18.5 Å². The normalized spacial score (nSPS) is 11.0. The molecule has 0 atom stereocenters. The van der Waals surface area contributed by atoms with E-state index in [0.717, 1.165) is 22.6 Å².